The second-order valence-corrected chi connectivity index (χ2v) is 4.64. The van der Waals surface area contributed by atoms with Crippen LogP contribution >= 0.6 is 0 Å². The summed E-state index contributed by atoms with van der Waals surface area (Å²) in [4.78, 5) is 0. The van der Waals surface area contributed by atoms with E-state index in [0.717, 1.165) is 22.6 Å². The third-order valence-electron chi connectivity index (χ3n) is 3.24. The Labute approximate surface area is 123 Å². The first-order valence-corrected chi connectivity index (χ1v) is 6.74. The van der Waals surface area contributed by atoms with Crippen molar-refractivity contribution in [3.05, 3.63) is 78.3 Å². The highest BCUT2D eigenvalue weighted by atomic mass is 16.3. The molecular formula is C18H14N2O. The van der Waals surface area contributed by atoms with Gasteiger partial charge >= 0.3 is 0 Å². The van der Waals surface area contributed by atoms with Crippen LogP contribution in [0.5, 0.6) is 0 Å². The fourth-order valence-corrected chi connectivity index (χ4v) is 2.22. The van der Waals surface area contributed by atoms with Crippen molar-refractivity contribution in [1.82, 2.24) is 0 Å². The Balaban J connectivity index is 1.81. The topological polar surface area (TPSA) is 49.0 Å². The molecule has 1 heterocycles. The SMILES string of the molecule is N#Cc1ccc(CNc2ccccc2-c2ccccc2)o1. The molecule has 0 bridgehead atoms. The van der Waals surface area contributed by atoms with Crippen molar-refractivity contribution in [2.45, 2.75) is 6.54 Å². The molecule has 3 heteroatoms. The molecule has 102 valence electrons. The number of furan rings is 1. The Morgan fingerprint density at radius 2 is 1.67 bits per heavy atom. The molecule has 2 aromatic carbocycles. The van der Waals surface area contributed by atoms with Crippen LogP contribution in [0.3, 0.4) is 0 Å². The summed E-state index contributed by atoms with van der Waals surface area (Å²) in [6.45, 7) is 0.547. The van der Waals surface area contributed by atoms with Gasteiger partial charge in [0.1, 0.15) is 11.8 Å². The maximum absolute atomic E-state index is 8.76. The second kappa shape index (κ2) is 5.98. The van der Waals surface area contributed by atoms with E-state index in [9.17, 15) is 0 Å². The van der Waals surface area contributed by atoms with Gasteiger partial charge in [0.05, 0.1) is 6.54 Å². The van der Waals surface area contributed by atoms with Crippen LogP contribution in [0, 0.1) is 11.3 Å². The third-order valence-corrected chi connectivity index (χ3v) is 3.24. The highest BCUT2D eigenvalue weighted by molar-refractivity contribution is 5.77. The zero-order valence-corrected chi connectivity index (χ0v) is 11.4. The predicted octanol–water partition coefficient (Wildman–Crippen LogP) is 4.43. The van der Waals surface area contributed by atoms with Crippen LogP contribution in [0.2, 0.25) is 0 Å². The maximum atomic E-state index is 8.76. The number of nitriles is 1. The van der Waals surface area contributed by atoms with E-state index >= 15 is 0 Å². The van der Waals surface area contributed by atoms with Crippen molar-refractivity contribution in [3.63, 3.8) is 0 Å². The molecule has 1 aromatic heterocycles. The highest BCUT2D eigenvalue weighted by Crippen LogP contribution is 2.27. The average Bonchev–Trinajstić information content (AvgIpc) is 3.02. The molecule has 21 heavy (non-hydrogen) atoms. The molecule has 0 atom stereocenters. The van der Waals surface area contributed by atoms with Gasteiger partial charge in [0.2, 0.25) is 5.76 Å². The molecule has 0 aliphatic heterocycles. The molecule has 0 aliphatic carbocycles. The predicted molar refractivity (Wildman–Crippen MR) is 82.6 cm³/mol. The summed E-state index contributed by atoms with van der Waals surface area (Å²) in [5.41, 5.74) is 3.35. The van der Waals surface area contributed by atoms with Gasteiger partial charge in [-0.1, -0.05) is 48.5 Å². The number of nitrogens with one attached hydrogen (secondary N) is 1. The average molecular weight is 274 g/mol. The highest BCUT2D eigenvalue weighted by Gasteiger charge is 2.05. The largest absolute Gasteiger partial charge is 0.449 e. The smallest absolute Gasteiger partial charge is 0.203 e. The van der Waals surface area contributed by atoms with E-state index in [1.807, 2.05) is 48.5 Å². The minimum Gasteiger partial charge on any atom is -0.449 e. The number of hydrogen-bond donors (Lipinski definition) is 1. The first-order valence-electron chi connectivity index (χ1n) is 6.74. The molecule has 0 unspecified atom stereocenters. The van der Waals surface area contributed by atoms with Gasteiger partial charge in [-0.3, -0.25) is 0 Å². The molecule has 0 saturated carbocycles. The molecule has 1 N–H and O–H groups in total. The van der Waals surface area contributed by atoms with Crippen molar-refractivity contribution >= 4 is 5.69 Å². The van der Waals surface area contributed by atoms with Crippen LogP contribution < -0.4 is 5.32 Å². The standard InChI is InChI=1S/C18H14N2O/c19-12-15-10-11-16(21-15)13-20-18-9-5-4-8-17(18)14-6-2-1-3-7-14/h1-11,20H,13H2. The van der Waals surface area contributed by atoms with Crippen molar-refractivity contribution in [2.24, 2.45) is 0 Å². The maximum Gasteiger partial charge on any atom is 0.203 e. The van der Waals surface area contributed by atoms with Crippen molar-refractivity contribution in [3.8, 4) is 17.2 Å². The molecule has 0 radical (unpaired) electrons. The van der Waals surface area contributed by atoms with E-state index in [4.69, 9.17) is 9.68 Å². The van der Waals surface area contributed by atoms with Gasteiger partial charge in [0, 0.05) is 11.3 Å². The number of nitrogens with zero attached hydrogens (tertiary/aromatic N) is 1. The van der Waals surface area contributed by atoms with Gasteiger partial charge in [-0.2, -0.15) is 5.26 Å². The molecule has 3 aromatic rings. The Morgan fingerprint density at radius 3 is 2.43 bits per heavy atom. The van der Waals surface area contributed by atoms with Gasteiger partial charge in [-0.05, 0) is 23.8 Å². The zero-order valence-electron chi connectivity index (χ0n) is 11.4. The van der Waals surface area contributed by atoms with Crippen molar-refractivity contribution in [1.29, 1.82) is 5.26 Å². The Bertz CT molecular complexity index is 769. The molecule has 0 saturated heterocycles. The number of anilines is 1. The van der Waals surface area contributed by atoms with Crippen LogP contribution in [0.1, 0.15) is 11.5 Å². The number of hydrogen-bond acceptors (Lipinski definition) is 3. The minimum atomic E-state index is 0.336. The van der Waals surface area contributed by atoms with E-state index in [1.54, 1.807) is 6.07 Å². The summed E-state index contributed by atoms with van der Waals surface area (Å²) in [5, 5.41) is 12.1. The summed E-state index contributed by atoms with van der Waals surface area (Å²) in [5.74, 6) is 1.08. The van der Waals surface area contributed by atoms with Gasteiger partial charge in [-0.25, -0.2) is 0 Å². The van der Waals surface area contributed by atoms with Crippen LogP contribution in [0.4, 0.5) is 5.69 Å². The summed E-state index contributed by atoms with van der Waals surface area (Å²) in [6, 6.07) is 23.9. The number of para-hydroxylation sites is 1. The summed E-state index contributed by atoms with van der Waals surface area (Å²) in [7, 11) is 0. The number of rotatable bonds is 4. The minimum absolute atomic E-state index is 0.336. The van der Waals surface area contributed by atoms with E-state index in [2.05, 4.69) is 23.5 Å². The van der Waals surface area contributed by atoms with E-state index in [0.29, 0.717) is 12.3 Å². The quantitative estimate of drug-likeness (QED) is 0.765. The van der Waals surface area contributed by atoms with Gasteiger partial charge < -0.3 is 9.73 Å². The molecule has 0 spiro atoms. The van der Waals surface area contributed by atoms with Gasteiger partial charge in [0.25, 0.3) is 0 Å². The van der Waals surface area contributed by atoms with Crippen LogP contribution in [0.25, 0.3) is 11.1 Å². The molecule has 3 nitrogen and oxygen atoms in total. The Kier molecular flexibility index (Phi) is 3.70. The van der Waals surface area contributed by atoms with Crippen LogP contribution in [-0.2, 0) is 6.54 Å². The second-order valence-electron chi connectivity index (χ2n) is 4.64. The van der Waals surface area contributed by atoms with Crippen LogP contribution in [-0.4, -0.2) is 0 Å². The van der Waals surface area contributed by atoms with Gasteiger partial charge in [-0.15, -0.1) is 0 Å². The molecular weight excluding hydrogens is 260 g/mol. The fourth-order valence-electron chi connectivity index (χ4n) is 2.22. The van der Waals surface area contributed by atoms with Gasteiger partial charge in [0.15, 0.2) is 0 Å². The van der Waals surface area contributed by atoms with Crippen molar-refractivity contribution < 1.29 is 4.42 Å². The van der Waals surface area contributed by atoms with E-state index in [-0.39, 0.29) is 0 Å². The normalized spacial score (nSPS) is 10.0. The zero-order chi connectivity index (χ0) is 14.5. The third kappa shape index (κ3) is 2.96. The lowest BCUT2D eigenvalue weighted by atomic mass is 10.0. The monoisotopic (exact) mass is 274 g/mol. The first kappa shape index (κ1) is 13.0. The number of benzene rings is 2. The summed E-state index contributed by atoms with van der Waals surface area (Å²) in [6.07, 6.45) is 0. The lowest BCUT2D eigenvalue weighted by molar-refractivity contribution is 0.506. The summed E-state index contributed by atoms with van der Waals surface area (Å²) < 4.78 is 5.38. The lowest BCUT2D eigenvalue weighted by Gasteiger charge is -2.11. The first-order chi connectivity index (χ1) is 10.4. The van der Waals surface area contributed by atoms with E-state index in [1.165, 1.54) is 0 Å². The lowest BCUT2D eigenvalue weighted by Crippen LogP contribution is -1.99. The molecule has 3 rings (SSSR count). The molecule has 0 fully saturated rings. The van der Waals surface area contributed by atoms with Crippen LogP contribution in [0.15, 0.2) is 71.1 Å². The van der Waals surface area contributed by atoms with E-state index < -0.39 is 0 Å². The Morgan fingerprint density at radius 1 is 0.905 bits per heavy atom. The molecule has 0 amide bonds. The molecule has 0 aliphatic rings. The fraction of sp³-hybridized carbons (Fsp3) is 0.0556. The Hall–Kier alpha value is -2.99. The van der Waals surface area contributed by atoms with Crippen molar-refractivity contribution in [2.75, 3.05) is 5.32 Å². The summed E-state index contributed by atoms with van der Waals surface area (Å²) >= 11 is 0.